The lowest BCUT2D eigenvalue weighted by Crippen LogP contribution is -2.42. The molecule has 7 heteroatoms. The van der Waals surface area contributed by atoms with E-state index in [-0.39, 0.29) is 24.2 Å². The van der Waals surface area contributed by atoms with Gasteiger partial charge in [0.25, 0.3) is 0 Å². The number of amides is 1. The van der Waals surface area contributed by atoms with Crippen LogP contribution >= 0.6 is 0 Å². The van der Waals surface area contributed by atoms with Crippen molar-refractivity contribution < 1.29 is 17.6 Å². The van der Waals surface area contributed by atoms with Gasteiger partial charge in [0.1, 0.15) is 5.82 Å². The zero-order valence-electron chi connectivity index (χ0n) is 16.4. The molecule has 0 aromatic heterocycles. The third-order valence-electron chi connectivity index (χ3n) is 5.14. The Balaban J connectivity index is 1.56. The van der Waals surface area contributed by atoms with Gasteiger partial charge < -0.3 is 4.90 Å². The van der Waals surface area contributed by atoms with Crippen molar-refractivity contribution in [3.05, 3.63) is 76.9 Å². The first kappa shape index (κ1) is 21.2. The Morgan fingerprint density at radius 3 is 2.38 bits per heavy atom. The third kappa shape index (κ3) is 5.52. The van der Waals surface area contributed by atoms with Crippen molar-refractivity contribution in [3.63, 3.8) is 0 Å². The molecule has 3 rings (SSSR count). The molecule has 2 aromatic rings. The van der Waals surface area contributed by atoms with E-state index in [0.717, 1.165) is 5.56 Å². The van der Waals surface area contributed by atoms with E-state index in [1.54, 1.807) is 31.3 Å². The Bertz CT molecular complexity index is 969. The molecule has 0 aliphatic carbocycles. The van der Waals surface area contributed by atoms with Gasteiger partial charge in [0, 0.05) is 43.6 Å². The zero-order chi connectivity index (χ0) is 20.9. The molecular formula is C22H25FN2O3S. The number of piperidine rings is 1. The van der Waals surface area contributed by atoms with E-state index in [1.807, 2.05) is 30.3 Å². The highest BCUT2D eigenvalue weighted by Crippen LogP contribution is 2.23. The fraction of sp³-hybridized carbons (Fsp3) is 0.318. The summed E-state index contributed by atoms with van der Waals surface area (Å²) in [6.07, 6.45) is 2.49. The highest BCUT2D eigenvalue weighted by atomic mass is 32.2. The molecule has 0 bridgehead atoms. The smallest absolute Gasteiger partial charge is 0.236 e. The molecule has 1 aliphatic heterocycles. The topological polar surface area (TPSA) is 57.7 Å². The lowest BCUT2D eigenvalue weighted by molar-refractivity contribution is -0.135. The molecule has 1 aliphatic rings. The van der Waals surface area contributed by atoms with Crippen molar-refractivity contribution in [2.24, 2.45) is 5.92 Å². The van der Waals surface area contributed by atoms with E-state index in [1.165, 1.54) is 20.7 Å². The molecule has 0 atom stereocenters. The van der Waals surface area contributed by atoms with Gasteiger partial charge in [-0.05, 0) is 30.5 Å². The van der Waals surface area contributed by atoms with Crippen LogP contribution in [0.1, 0.15) is 24.0 Å². The molecule has 0 saturated carbocycles. The number of carbonyl (C=O) groups excluding carboxylic acids is 1. The molecule has 0 unspecified atom stereocenters. The van der Waals surface area contributed by atoms with Crippen molar-refractivity contribution in [1.29, 1.82) is 0 Å². The highest BCUT2D eigenvalue weighted by Gasteiger charge is 2.31. The van der Waals surface area contributed by atoms with Gasteiger partial charge in [-0.25, -0.2) is 12.8 Å². The number of hydrogen-bond donors (Lipinski definition) is 0. The van der Waals surface area contributed by atoms with Gasteiger partial charge in [-0.15, -0.1) is 0 Å². The van der Waals surface area contributed by atoms with Gasteiger partial charge in [-0.1, -0.05) is 48.5 Å². The molecular weight excluding hydrogens is 391 g/mol. The van der Waals surface area contributed by atoms with Gasteiger partial charge >= 0.3 is 0 Å². The second-order valence-electron chi connectivity index (χ2n) is 7.22. The average molecular weight is 417 g/mol. The first-order chi connectivity index (χ1) is 13.9. The number of rotatable bonds is 6. The lowest BCUT2D eigenvalue weighted by Gasteiger charge is -2.32. The molecule has 5 nitrogen and oxygen atoms in total. The summed E-state index contributed by atoms with van der Waals surface area (Å²) in [4.78, 5) is 14.2. The lowest BCUT2D eigenvalue weighted by atomic mass is 9.96. The van der Waals surface area contributed by atoms with Crippen molar-refractivity contribution in [2.75, 3.05) is 20.1 Å². The molecule has 0 radical (unpaired) electrons. The number of carbonyl (C=O) groups is 1. The largest absolute Gasteiger partial charge is 0.341 e. The fourth-order valence-corrected chi connectivity index (χ4v) is 4.66. The van der Waals surface area contributed by atoms with Crippen LogP contribution in [0.2, 0.25) is 0 Å². The Morgan fingerprint density at radius 2 is 1.72 bits per heavy atom. The minimum absolute atomic E-state index is 0.0786. The van der Waals surface area contributed by atoms with Crippen molar-refractivity contribution in [3.8, 4) is 0 Å². The first-order valence-corrected chi connectivity index (χ1v) is 11.1. The minimum Gasteiger partial charge on any atom is -0.341 e. The SMILES string of the molecule is CN(Cc1ccccc1F)C(=O)C1CCN(S(=O)(=O)C=Cc2ccccc2)CC1. The molecule has 1 heterocycles. The van der Waals surface area contributed by atoms with E-state index in [9.17, 15) is 17.6 Å². The molecule has 29 heavy (non-hydrogen) atoms. The monoisotopic (exact) mass is 416 g/mol. The van der Waals surface area contributed by atoms with E-state index < -0.39 is 10.0 Å². The Labute approximate surface area is 171 Å². The van der Waals surface area contributed by atoms with Crippen LogP contribution in [0.25, 0.3) is 6.08 Å². The van der Waals surface area contributed by atoms with Crippen LogP contribution in [-0.4, -0.2) is 43.7 Å². The molecule has 2 aromatic carbocycles. The number of hydrogen-bond acceptors (Lipinski definition) is 3. The maximum atomic E-state index is 13.8. The Morgan fingerprint density at radius 1 is 1.10 bits per heavy atom. The van der Waals surface area contributed by atoms with Gasteiger partial charge in [-0.3, -0.25) is 4.79 Å². The van der Waals surface area contributed by atoms with Crippen LogP contribution in [0.4, 0.5) is 4.39 Å². The second kappa shape index (κ2) is 9.33. The van der Waals surface area contributed by atoms with Gasteiger partial charge in [-0.2, -0.15) is 4.31 Å². The maximum Gasteiger partial charge on any atom is 0.236 e. The summed E-state index contributed by atoms with van der Waals surface area (Å²) in [5.41, 5.74) is 1.28. The summed E-state index contributed by atoms with van der Waals surface area (Å²) in [6, 6.07) is 15.6. The van der Waals surface area contributed by atoms with E-state index in [4.69, 9.17) is 0 Å². The zero-order valence-corrected chi connectivity index (χ0v) is 17.2. The summed E-state index contributed by atoms with van der Waals surface area (Å²) in [5, 5.41) is 1.22. The van der Waals surface area contributed by atoms with Crippen LogP contribution in [-0.2, 0) is 21.4 Å². The van der Waals surface area contributed by atoms with Crippen LogP contribution in [0.5, 0.6) is 0 Å². The standard InChI is InChI=1S/C22H25FN2O3S/c1-24(17-20-9-5-6-10-21(20)23)22(26)19-11-14-25(15-12-19)29(27,28)16-13-18-7-3-2-4-8-18/h2-10,13,16,19H,11-12,14-15,17H2,1H3. The van der Waals surface area contributed by atoms with E-state index in [0.29, 0.717) is 31.5 Å². The Hall–Kier alpha value is -2.51. The number of halogens is 1. The fourth-order valence-electron chi connectivity index (χ4n) is 3.44. The molecule has 0 N–H and O–H groups in total. The van der Waals surface area contributed by atoms with Crippen molar-refractivity contribution >= 4 is 22.0 Å². The average Bonchev–Trinajstić information content (AvgIpc) is 2.74. The second-order valence-corrected chi connectivity index (χ2v) is 9.04. The molecule has 1 fully saturated rings. The molecule has 1 saturated heterocycles. The van der Waals surface area contributed by atoms with Crippen LogP contribution in [0.15, 0.2) is 60.0 Å². The highest BCUT2D eigenvalue weighted by molar-refractivity contribution is 7.92. The Kier molecular flexibility index (Phi) is 6.82. The van der Waals surface area contributed by atoms with Crippen LogP contribution in [0, 0.1) is 11.7 Å². The minimum atomic E-state index is -3.53. The van der Waals surface area contributed by atoms with Crippen LogP contribution in [0.3, 0.4) is 0 Å². The van der Waals surface area contributed by atoms with Crippen molar-refractivity contribution in [1.82, 2.24) is 9.21 Å². The summed E-state index contributed by atoms with van der Waals surface area (Å²) in [6.45, 7) is 0.792. The van der Waals surface area contributed by atoms with Gasteiger partial charge in [0.15, 0.2) is 0 Å². The summed E-state index contributed by atoms with van der Waals surface area (Å²) < 4.78 is 40.3. The number of benzene rings is 2. The molecule has 154 valence electrons. The van der Waals surface area contributed by atoms with Crippen LogP contribution < -0.4 is 0 Å². The predicted molar refractivity (Wildman–Crippen MR) is 112 cm³/mol. The predicted octanol–water partition coefficient (Wildman–Crippen LogP) is 3.50. The van der Waals surface area contributed by atoms with Gasteiger partial charge in [0.05, 0.1) is 0 Å². The third-order valence-corrected chi connectivity index (χ3v) is 6.70. The number of sulfonamides is 1. The summed E-state index contributed by atoms with van der Waals surface area (Å²) in [5.74, 6) is -0.667. The molecule has 0 spiro atoms. The maximum absolute atomic E-state index is 13.8. The van der Waals surface area contributed by atoms with E-state index >= 15 is 0 Å². The quantitative estimate of drug-likeness (QED) is 0.724. The summed E-state index contributed by atoms with van der Waals surface area (Å²) >= 11 is 0. The molecule has 1 amide bonds. The van der Waals surface area contributed by atoms with E-state index in [2.05, 4.69) is 0 Å². The van der Waals surface area contributed by atoms with Crippen molar-refractivity contribution in [2.45, 2.75) is 19.4 Å². The normalized spacial score (nSPS) is 16.2. The first-order valence-electron chi connectivity index (χ1n) is 9.58. The summed E-state index contributed by atoms with van der Waals surface area (Å²) in [7, 11) is -1.87. The van der Waals surface area contributed by atoms with Gasteiger partial charge in [0.2, 0.25) is 15.9 Å². The number of nitrogens with zero attached hydrogens (tertiary/aromatic N) is 2.